The van der Waals surface area contributed by atoms with E-state index in [4.69, 9.17) is 0 Å². The second kappa shape index (κ2) is 10.9. The third-order valence-corrected chi connectivity index (χ3v) is 12.1. The highest BCUT2D eigenvalue weighted by atomic mass is 32.2. The summed E-state index contributed by atoms with van der Waals surface area (Å²) >= 11 is 2.12. The van der Waals surface area contributed by atoms with Crippen LogP contribution in [0.15, 0.2) is 155 Å². The molecule has 44 heavy (non-hydrogen) atoms. The van der Waals surface area contributed by atoms with Gasteiger partial charge in [0, 0.05) is 39.3 Å². The maximum Gasteiger partial charge on any atom is 0.0623 e. The molecule has 0 spiro atoms. The Morgan fingerprint density at radius 1 is 0.659 bits per heavy atom. The van der Waals surface area contributed by atoms with E-state index in [1.165, 1.54) is 64.1 Å². The van der Waals surface area contributed by atoms with E-state index in [2.05, 4.69) is 150 Å². The summed E-state index contributed by atoms with van der Waals surface area (Å²) in [6, 6.07) is 38.5. The maximum atomic E-state index is 2.73. The van der Waals surface area contributed by atoms with Gasteiger partial charge in [0.1, 0.15) is 0 Å². The van der Waals surface area contributed by atoms with E-state index in [1.807, 2.05) is 0 Å². The van der Waals surface area contributed by atoms with Gasteiger partial charge in [-0.2, -0.15) is 0 Å². The first-order chi connectivity index (χ1) is 21.8. The fraction of sp³-hybridized carbons (Fsp3) is 0.238. The number of hydrogen-bond acceptors (Lipinski definition) is 2. The molecule has 2 heteroatoms. The molecule has 216 valence electrons. The predicted molar refractivity (Wildman–Crippen MR) is 186 cm³/mol. The van der Waals surface area contributed by atoms with Gasteiger partial charge in [-0.1, -0.05) is 109 Å². The summed E-state index contributed by atoms with van der Waals surface area (Å²) in [6.07, 6.45) is 18.9. The fourth-order valence-electron chi connectivity index (χ4n) is 8.53. The van der Waals surface area contributed by atoms with E-state index in [0.717, 1.165) is 6.42 Å². The van der Waals surface area contributed by atoms with Gasteiger partial charge in [0.2, 0.25) is 0 Å². The van der Waals surface area contributed by atoms with Crippen LogP contribution in [0.3, 0.4) is 0 Å². The molecule has 0 aromatic heterocycles. The van der Waals surface area contributed by atoms with E-state index in [9.17, 15) is 0 Å². The van der Waals surface area contributed by atoms with Crippen molar-refractivity contribution in [3.8, 4) is 22.3 Å². The largest absolute Gasteiger partial charge is 0.337 e. The SMILES string of the molecule is C1=CC2c3ccccc3SC2C(C2=CC3C4=C(CCCC4)N(c4cc(-c5ccccc5)cc(-c5ccccc5)c4)C3C=C2)C1. The standard InChI is InChI=1S/C42H37NS/c1-3-12-28(13-4-1)31-24-32(29-14-5-2-6-15-29)26-33(25-31)43-39-20-9-7-16-35(39)38-27-30(22-23-40(38)43)34-18-11-19-37-36-17-8-10-21-41(36)44-42(34)37/h1-6,8,10-15,17,19,21-27,34,37-38,40,42H,7,9,16,18,20H2. The molecule has 4 aromatic rings. The van der Waals surface area contributed by atoms with Crippen molar-refractivity contribution in [3.05, 3.63) is 156 Å². The molecule has 5 atom stereocenters. The first-order valence-corrected chi connectivity index (χ1v) is 17.3. The van der Waals surface area contributed by atoms with Crippen LogP contribution in [0, 0.1) is 11.8 Å². The Hall–Kier alpha value is -4.01. The van der Waals surface area contributed by atoms with Crippen molar-refractivity contribution in [1.82, 2.24) is 0 Å². The summed E-state index contributed by atoms with van der Waals surface area (Å²) < 4.78 is 0. The number of hydrogen-bond donors (Lipinski definition) is 0. The van der Waals surface area contributed by atoms with Gasteiger partial charge in [0.15, 0.2) is 0 Å². The summed E-state index contributed by atoms with van der Waals surface area (Å²) in [6.45, 7) is 0. The number of fused-ring (bicyclic) bond motifs is 5. The van der Waals surface area contributed by atoms with Gasteiger partial charge in [-0.15, -0.1) is 11.8 Å². The number of anilines is 1. The van der Waals surface area contributed by atoms with E-state index < -0.39 is 0 Å². The minimum absolute atomic E-state index is 0.347. The van der Waals surface area contributed by atoms with Crippen molar-refractivity contribution >= 4 is 17.4 Å². The molecule has 2 heterocycles. The lowest BCUT2D eigenvalue weighted by atomic mass is 9.75. The van der Waals surface area contributed by atoms with Crippen LogP contribution in [0.1, 0.15) is 43.6 Å². The van der Waals surface area contributed by atoms with Crippen molar-refractivity contribution in [2.45, 2.75) is 54.2 Å². The summed E-state index contributed by atoms with van der Waals surface area (Å²) in [5.41, 5.74) is 12.8. The Kier molecular flexibility index (Phi) is 6.51. The first-order valence-electron chi connectivity index (χ1n) is 16.4. The summed E-state index contributed by atoms with van der Waals surface area (Å²) in [5.74, 6) is 1.56. The molecule has 4 aromatic carbocycles. The molecule has 1 nitrogen and oxygen atoms in total. The molecule has 0 saturated carbocycles. The van der Waals surface area contributed by atoms with Gasteiger partial charge in [-0.25, -0.2) is 0 Å². The minimum atomic E-state index is 0.347. The third kappa shape index (κ3) is 4.38. The molecule has 3 aliphatic carbocycles. The zero-order chi connectivity index (χ0) is 29.0. The molecule has 0 amide bonds. The van der Waals surface area contributed by atoms with Crippen LogP contribution in [0.5, 0.6) is 0 Å². The summed E-state index contributed by atoms with van der Waals surface area (Å²) in [4.78, 5) is 4.21. The van der Waals surface area contributed by atoms with Crippen LogP contribution >= 0.6 is 11.8 Å². The lowest BCUT2D eigenvalue weighted by Crippen LogP contribution is -2.34. The minimum Gasteiger partial charge on any atom is -0.337 e. The lowest BCUT2D eigenvalue weighted by molar-refractivity contribution is 0.530. The Labute approximate surface area is 265 Å². The zero-order valence-electron chi connectivity index (χ0n) is 25.0. The second-order valence-electron chi connectivity index (χ2n) is 13.0. The van der Waals surface area contributed by atoms with Gasteiger partial charge in [-0.05, 0) is 95.3 Å². The highest BCUT2D eigenvalue weighted by Crippen LogP contribution is 2.55. The van der Waals surface area contributed by atoms with Crippen molar-refractivity contribution in [2.75, 3.05) is 4.90 Å². The maximum absolute atomic E-state index is 2.73. The van der Waals surface area contributed by atoms with Gasteiger partial charge < -0.3 is 4.90 Å². The molecule has 0 bridgehead atoms. The van der Waals surface area contributed by atoms with Gasteiger partial charge in [0.05, 0.1) is 6.04 Å². The number of thioether (sulfide) groups is 1. The normalized spacial score (nSPS) is 26.6. The van der Waals surface area contributed by atoms with Crippen LogP contribution in [-0.4, -0.2) is 11.3 Å². The monoisotopic (exact) mass is 587 g/mol. The van der Waals surface area contributed by atoms with Crippen molar-refractivity contribution in [2.24, 2.45) is 11.8 Å². The van der Waals surface area contributed by atoms with E-state index >= 15 is 0 Å². The topological polar surface area (TPSA) is 3.24 Å². The Morgan fingerprint density at radius 2 is 1.36 bits per heavy atom. The average Bonchev–Trinajstić information content (AvgIpc) is 3.64. The van der Waals surface area contributed by atoms with Gasteiger partial charge in [0.25, 0.3) is 0 Å². The van der Waals surface area contributed by atoms with Crippen molar-refractivity contribution in [3.63, 3.8) is 0 Å². The predicted octanol–water partition coefficient (Wildman–Crippen LogP) is 11.0. The number of benzene rings is 4. The fourth-order valence-corrected chi connectivity index (χ4v) is 10.1. The highest BCUT2D eigenvalue weighted by molar-refractivity contribution is 8.00. The Morgan fingerprint density at radius 3 is 2.14 bits per heavy atom. The number of rotatable bonds is 4. The number of allylic oxidation sites excluding steroid dienone is 5. The molecule has 5 unspecified atom stereocenters. The van der Waals surface area contributed by atoms with Crippen molar-refractivity contribution < 1.29 is 0 Å². The van der Waals surface area contributed by atoms with Crippen LogP contribution in [0.25, 0.3) is 22.3 Å². The second-order valence-corrected chi connectivity index (χ2v) is 14.2. The van der Waals surface area contributed by atoms with Crippen LogP contribution in [-0.2, 0) is 0 Å². The van der Waals surface area contributed by atoms with Crippen LogP contribution in [0.4, 0.5) is 5.69 Å². The van der Waals surface area contributed by atoms with Gasteiger partial charge in [-0.3, -0.25) is 0 Å². The molecular weight excluding hydrogens is 551 g/mol. The molecule has 0 radical (unpaired) electrons. The van der Waals surface area contributed by atoms with E-state index in [-0.39, 0.29) is 0 Å². The quantitative estimate of drug-likeness (QED) is 0.219. The first kappa shape index (κ1) is 26.4. The molecule has 9 rings (SSSR count). The Balaban J connectivity index is 1.11. The van der Waals surface area contributed by atoms with Crippen LogP contribution in [0.2, 0.25) is 0 Å². The zero-order valence-corrected chi connectivity index (χ0v) is 25.8. The highest BCUT2D eigenvalue weighted by Gasteiger charge is 2.44. The molecule has 2 aliphatic heterocycles. The smallest absolute Gasteiger partial charge is 0.0623 e. The molecule has 0 saturated heterocycles. The van der Waals surface area contributed by atoms with E-state index in [1.54, 1.807) is 16.8 Å². The van der Waals surface area contributed by atoms with Crippen molar-refractivity contribution in [1.29, 1.82) is 0 Å². The average molecular weight is 588 g/mol. The Bertz CT molecular complexity index is 1790. The van der Waals surface area contributed by atoms with Crippen LogP contribution < -0.4 is 4.90 Å². The van der Waals surface area contributed by atoms with Gasteiger partial charge >= 0.3 is 0 Å². The van der Waals surface area contributed by atoms with E-state index in [0.29, 0.717) is 29.0 Å². The number of nitrogens with zero attached hydrogens (tertiary/aromatic N) is 1. The lowest BCUT2D eigenvalue weighted by Gasteiger charge is -2.36. The third-order valence-electron chi connectivity index (χ3n) is 10.6. The molecule has 5 aliphatic rings. The summed E-state index contributed by atoms with van der Waals surface area (Å²) in [5, 5.41) is 0.596. The summed E-state index contributed by atoms with van der Waals surface area (Å²) in [7, 11) is 0. The molecule has 0 N–H and O–H groups in total. The molecule has 0 fully saturated rings. The molecular formula is C42H37NS.